The Kier molecular flexibility index (Phi) is 6.90. The molecule has 32 heavy (non-hydrogen) atoms. The average Bonchev–Trinajstić information content (AvgIpc) is 3.05. The van der Waals surface area contributed by atoms with E-state index in [1.165, 1.54) is 0 Å². The lowest BCUT2D eigenvalue weighted by Crippen LogP contribution is -2.49. The van der Waals surface area contributed by atoms with Gasteiger partial charge in [-0.3, -0.25) is 15.0 Å². The van der Waals surface area contributed by atoms with Crippen LogP contribution in [0.15, 0.2) is 12.1 Å². The van der Waals surface area contributed by atoms with Crippen LogP contribution in [0.4, 0.5) is 19.3 Å². The van der Waals surface area contributed by atoms with Gasteiger partial charge in [-0.15, -0.1) is 0 Å². The van der Waals surface area contributed by atoms with Gasteiger partial charge in [0.15, 0.2) is 0 Å². The number of carbonyl (C=O) groups excluding carboxylic acids is 3. The highest BCUT2D eigenvalue weighted by molar-refractivity contribution is 5.88. The van der Waals surface area contributed by atoms with E-state index in [9.17, 15) is 33.3 Å². The molecule has 0 aromatic heterocycles. The number of nitro benzene ring substituents is 1. The second-order valence-corrected chi connectivity index (χ2v) is 7.93. The molecule has 0 spiro atoms. The first-order valence-corrected chi connectivity index (χ1v) is 9.23. The molecular weight excluding hydrogens is 438 g/mol. The van der Waals surface area contributed by atoms with E-state index < -0.39 is 76.2 Å². The number of halogens is 2. The molecule has 1 aliphatic heterocycles. The van der Waals surface area contributed by atoms with Gasteiger partial charge in [0.25, 0.3) is 0 Å². The zero-order valence-corrected chi connectivity index (χ0v) is 18.0. The molecule has 2 atom stereocenters. The molecule has 1 fully saturated rings. The normalized spacial score (nSPS) is 20.5. The van der Waals surface area contributed by atoms with Crippen molar-refractivity contribution in [3.8, 4) is 5.75 Å². The van der Waals surface area contributed by atoms with E-state index in [1.54, 1.807) is 20.8 Å². The number of carbonyl (C=O) groups is 3. The summed E-state index contributed by atoms with van der Waals surface area (Å²) in [6.45, 7) is 4.02. The van der Waals surface area contributed by atoms with Crippen molar-refractivity contribution >= 4 is 23.7 Å². The van der Waals surface area contributed by atoms with Crippen molar-refractivity contribution in [1.29, 1.82) is 0 Å². The SMILES string of the molecule is COC(=O)[C@@H]1C[C@](Oc2cc(F)cc(F)c2[N+](=O)[O-])(C(=O)OC)CN1C(=O)OC(C)(C)C. The van der Waals surface area contributed by atoms with Crippen molar-refractivity contribution in [2.75, 3.05) is 20.8 Å². The third kappa shape index (κ3) is 5.03. The van der Waals surface area contributed by atoms with E-state index in [1.807, 2.05) is 0 Å². The number of nitro groups is 1. The molecule has 0 bridgehead atoms. The molecule has 0 unspecified atom stereocenters. The summed E-state index contributed by atoms with van der Waals surface area (Å²) < 4.78 is 47.9. The molecule has 1 aromatic rings. The number of esters is 2. The Morgan fingerprint density at radius 3 is 2.31 bits per heavy atom. The number of likely N-dealkylation sites (tertiary alicyclic amines) is 1. The topological polar surface area (TPSA) is 135 Å². The van der Waals surface area contributed by atoms with E-state index in [2.05, 4.69) is 4.74 Å². The molecule has 11 nitrogen and oxygen atoms in total. The summed E-state index contributed by atoms with van der Waals surface area (Å²) in [5.74, 6) is -5.76. The summed E-state index contributed by atoms with van der Waals surface area (Å²) in [6, 6.07) is -0.629. The van der Waals surface area contributed by atoms with Crippen LogP contribution >= 0.6 is 0 Å². The van der Waals surface area contributed by atoms with Gasteiger partial charge >= 0.3 is 23.7 Å². The minimum absolute atomic E-state index is 0.273. The van der Waals surface area contributed by atoms with Gasteiger partial charge in [0.2, 0.25) is 17.2 Å². The first kappa shape index (κ1) is 24.8. The summed E-state index contributed by atoms with van der Waals surface area (Å²) in [4.78, 5) is 48.7. The van der Waals surface area contributed by atoms with E-state index in [0.717, 1.165) is 19.1 Å². The molecule has 176 valence electrons. The minimum Gasteiger partial charge on any atom is -0.467 e. The highest BCUT2D eigenvalue weighted by Gasteiger charge is 2.58. The minimum atomic E-state index is -2.23. The van der Waals surface area contributed by atoms with Crippen LogP contribution in [0.2, 0.25) is 0 Å². The first-order chi connectivity index (χ1) is 14.7. The van der Waals surface area contributed by atoms with E-state index in [0.29, 0.717) is 6.07 Å². The van der Waals surface area contributed by atoms with Gasteiger partial charge in [0.1, 0.15) is 17.5 Å². The fraction of sp³-hybridized carbons (Fsp3) is 0.526. The lowest BCUT2D eigenvalue weighted by Gasteiger charge is -2.29. The largest absolute Gasteiger partial charge is 0.467 e. The molecule has 1 aromatic carbocycles. The van der Waals surface area contributed by atoms with E-state index in [-0.39, 0.29) is 6.07 Å². The van der Waals surface area contributed by atoms with Gasteiger partial charge in [-0.25, -0.2) is 18.8 Å². The smallest absolute Gasteiger partial charge is 0.411 e. The van der Waals surface area contributed by atoms with Crippen LogP contribution in [0.25, 0.3) is 0 Å². The van der Waals surface area contributed by atoms with Crippen LogP contribution in [0, 0.1) is 21.7 Å². The Morgan fingerprint density at radius 2 is 1.81 bits per heavy atom. The number of benzene rings is 1. The van der Waals surface area contributed by atoms with E-state index >= 15 is 0 Å². The molecule has 0 aliphatic carbocycles. The first-order valence-electron chi connectivity index (χ1n) is 9.23. The van der Waals surface area contributed by atoms with Gasteiger partial charge in [0, 0.05) is 18.6 Å². The number of amides is 1. The van der Waals surface area contributed by atoms with Crippen LogP contribution in [0.1, 0.15) is 27.2 Å². The van der Waals surface area contributed by atoms with Crippen LogP contribution in [0.5, 0.6) is 5.75 Å². The van der Waals surface area contributed by atoms with Crippen LogP contribution in [0.3, 0.4) is 0 Å². The molecule has 1 heterocycles. The predicted octanol–water partition coefficient (Wildman–Crippen LogP) is 2.35. The zero-order valence-electron chi connectivity index (χ0n) is 18.0. The molecule has 2 rings (SSSR count). The number of hydrogen-bond acceptors (Lipinski definition) is 9. The Bertz CT molecular complexity index is 947. The van der Waals surface area contributed by atoms with Crippen molar-refractivity contribution in [3.05, 3.63) is 33.9 Å². The van der Waals surface area contributed by atoms with Crippen molar-refractivity contribution in [1.82, 2.24) is 4.90 Å². The van der Waals surface area contributed by atoms with Gasteiger partial charge < -0.3 is 18.9 Å². The standard InChI is InChI=1S/C19H22F2N2O9/c1-18(2,3)32-17(26)22-9-19(16(25)30-5,8-12(22)15(24)29-4)31-13-7-10(20)6-11(21)14(13)23(27)28/h6-7,12H,8-9H2,1-5H3/t12-,19+/m0/s1. The van der Waals surface area contributed by atoms with Crippen molar-refractivity contribution < 1.29 is 47.0 Å². The quantitative estimate of drug-likeness (QED) is 0.281. The summed E-state index contributed by atoms with van der Waals surface area (Å²) in [5, 5.41) is 11.3. The van der Waals surface area contributed by atoms with Crippen molar-refractivity contribution in [2.24, 2.45) is 0 Å². The Labute approximate surface area is 181 Å². The highest BCUT2D eigenvalue weighted by Crippen LogP contribution is 2.39. The number of rotatable bonds is 5. The summed E-state index contributed by atoms with van der Waals surface area (Å²) in [5.41, 5.74) is -4.44. The fourth-order valence-electron chi connectivity index (χ4n) is 3.19. The Morgan fingerprint density at radius 1 is 1.19 bits per heavy atom. The Hall–Kier alpha value is -3.51. The van der Waals surface area contributed by atoms with Crippen LogP contribution in [-0.4, -0.2) is 65.9 Å². The molecule has 0 radical (unpaired) electrons. The molecule has 1 aliphatic rings. The summed E-state index contributed by atoms with van der Waals surface area (Å²) >= 11 is 0. The van der Waals surface area contributed by atoms with Gasteiger partial charge in [-0.1, -0.05) is 0 Å². The highest BCUT2D eigenvalue weighted by atomic mass is 19.1. The number of ether oxygens (including phenoxy) is 4. The molecule has 0 N–H and O–H groups in total. The molecule has 1 amide bonds. The molecule has 0 saturated carbocycles. The number of methoxy groups -OCH3 is 2. The molecular formula is C19H22F2N2O9. The lowest BCUT2D eigenvalue weighted by molar-refractivity contribution is -0.388. The second kappa shape index (κ2) is 8.93. The maximum absolute atomic E-state index is 14.1. The summed E-state index contributed by atoms with van der Waals surface area (Å²) in [6.07, 6.45) is -1.59. The second-order valence-electron chi connectivity index (χ2n) is 7.93. The summed E-state index contributed by atoms with van der Waals surface area (Å²) in [7, 11) is 2.01. The van der Waals surface area contributed by atoms with Gasteiger partial charge in [-0.2, -0.15) is 4.39 Å². The molecule has 1 saturated heterocycles. The average molecular weight is 460 g/mol. The monoisotopic (exact) mass is 460 g/mol. The van der Waals surface area contributed by atoms with Crippen LogP contribution in [-0.2, 0) is 23.8 Å². The zero-order chi connectivity index (χ0) is 24.4. The maximum atomic E-state index is 14.1. The maximum Gasteiger partial charge on any atom is 0.411 e. The number of nitrogens with zero attached hydrogens (tertiary/aromatic N) is 2. The predicted molar refractivity (Wildman–Crippen MR) is 102 cm³/mol. The fourth-order valence-corrected chi connectivity index (χ4v) is 3.19. The van der Waals surface area contributed by atoms with Gasteiger partial charge in [0.05, 0.1) is 25.7 Å². The lowest BCUT2D eigenvalue weighted by atomic mass is 9.99. The number of hydrogen-bond donors (Lipinski definition) is 0. The van der Waals surface area contributed by atoms with E-state index in [4.69, 9.17) is 14.2 Å². The Balaban J connectivity index is 2.58. The van der Waals surface area contributed by atoms with Crippen molar-refractivity contribution in [3.63, 3.8) is 0 Å². The third-order valence-electron chi connectivity index (χ3n) is 4.46. The van der Waals surface area contributed by atoms with Crippen LogP contribution < -0.4 is 4.74 Å². The third-order valence-corrected chi connectivity index (χ3v) is 4.46. The van der Waals surface area contributed by atoms with Gasteiger partial charge in [-0.05, 0) is 20.8 Å². The molecule has 13 heteroatoms. The van der Waals surface area contributed by atoms with Crippen molar-refractivity contribution in [2.45, 2.75) is 44.4 Å².